The fraction of sp³-hybridized carbons (Fsp3) is 0.300. The molecule has 0 aromatic heterocycles. The second-order valence-electron chi connectivity index (χ2n) is 6.34. The number of likely N-dealkylation sites (tertiary alicyclic amines) is 1. The molecular formula is C20H21N3O. The van der Waals surface area contributed by atoms with Gasteiger partial charge in [-0.1, -0.05) is 30.3 Å². The van der Waals surface area contributed by atoms with Crippen LogP contribution >= 0.6 is 0 Å². The normalized spacial score (nSPS) is 18.0. The lowest BCUT2D eigenvalue weighted by molar-refractivity contribution is -0.440. The first-order chi connectivity index (χ1) is 11.8. The van der Waals surface area contributed by atoms with Crippen LogP contribution in [0.3, 0.4) is 0 Å². The molecule has 0 aliphatic carbocycles. The van der Waals surface area contributed by atoms with Gasteiger partial charge in [0.2, 0.25) is 12.3 Å². The summed E-state index contributed by atoms with van der Waals surface area (Å²) in [7, 11) is 0. The van der Waals surface area contributed by atoms with Crippen molar-refractivity contribution < 1.29 is 4.74 Å². The second kappa shape index (κ2) is 6.48. The van der Waals surface area contributed by atoms with E-state index in [1.807, 2.05) is 54.6 Å². The van der Waals surface area contributed by atoms with E-state index in [9.17, 15) is 5.21 Å². The predicted molar refractivity (Wildman–Crippen MR) is 97.1 cm³/mol. The Morgan fingerprint density at radius 3 is 2.38 bits per heavy atom. The topological polar surface area (TPSA) is 41.7 Å². The van der Waals surface area contributed by atoms with Gasteiger partial charge >= 0.3 is 0 Å². The van der Waals surface area contributed by atoms with Crippen molar-refractivity contribution in [2.45, 2.75) is 19.3 Å². The molecule has 2 aromatic carbocycles. The van der Waals surface area contributed by atoms with Gasteiger partial charge in [0.1, 0.15) is 0 Å². The molecule has 4 heteroatoms. The van der Waals surface area contributed by atoms with Gasteiger partial charge in [-0.2, -0.15) is 4.74 Å². The Labute approximate surface area is 142 Å². The lowest BCUT2D eigenvalue weighted by Crippen LogP contribution is -2.40. The van der Waals surface area contributed by atoms with Crippen LogP contribution in [-0.4, -0.2) is 40.8 Å². The molecular weight excluding hydrogens is 298 g/mol. The van der Waals surface area contributed by atoms with E-state index in [-0.39, 0.29) is 0 Å². The molecule has 0 saturated carbocycles. The molecule has 0 spiro atoms. The molecule has 122 valence electrons. The smallest absolute Gasteiger partial charge is 0.228 e. The number of rotatable bonds is 1. The van der Waals surface area contributed by atoms with E-state index in [0.29, 0.717) is 12.3 Å². The van der Waals surface area contributed by atoms with Gasteiger partial charge in [-0.3, -0.25) is 0 Å². The quantitative estimate of drug-likeness (QED) is 0.596. The summed E-state index contributed by atoms with van der Waals surface area (Å²) < 4.78 is 1.11. The molecule has 0 bridgehead atoms. The van der Waals surface area contributed by atoms with Crippen molar-refractivity contribution >= 4 is 17.2 Å². The van der Waals surface area contributed by atoms with Gasteiger partial charge in [0.25, 0.3) is 0 Å². The molecule has 0 N–H and O–H groups in total. The number of nitrogens with zero attached hydrogens (tertiary/aromatic N) is 3. The van der Waals surface area contributed by atoms with Crippen LogP contribution in [0.1, 0.15) is 30.4 Å². The van der Waals surface area contributed by atoms with Gasteiger partial charge in [0.05, 0.1) is 11.3 Å². The Morgan fingerprint density at radius 2 is 1.58 bits per heavy atom. The minimum Gasteiger partial charge on any atom is -0.623 e. The molecule has 0 atom stereocenters. The molecule has 1 fully saturated rings. The van der Waals surface area contributed by atoms with Crippen molar-refractivity contribution in [3.05, 3.63) is 70.9 Å². The minimum absolute atomic E-state index is 0.304. The van der Waals surface area contributed by atoms with Crippen molar-refractivity contribution in [3.63, 3.8) is 0 Å². The fourth-order valence-electron chi connectivity index (χ4n) is 3.51. The van der Waals surface area contributed by atoms with Gasteiger partial charge in [-0.25, -0.2) is 4.99 Å². The van der Waals surface area contributed by atoms with E-state index in [1.54, 1.807) is 0 Å². The first-order valence-corrected chi connectivity index (χ1v) is 8.62. The fourth-order valence-corrected chi connectivity index (χ4v) is 3.51. The Balaban J connectivity index is 1.83. The summed E-state index contributed by atoms with van der Waals surface area (Å²) in [5, 5.41) is 13.0. The Morgan fingerprint density at radius 1 is 0.875 bits per heavy atom. The zero-order valence-electron chi connectivity index (χ0n) is 13.7. The molecule has 2 heterocycles. The van der Waals surface area contributed by atoms with Crippen LogP contribution in [0.4, 0.5) is 5.69 Å². The van der Waals surface area contributed by atoms with E-state index < -0.39 is 0 Å². The van der Waals surface area contributed by atoms with Crippen LogP contribution in [0.5, 0.6) is 0 Å². The number of amidine groups is 1. The molecule has 0 amide bonds. The lowest BCUT2D eigenvalue weighted by atomic mass is 10.0. The lowest BCUT2D eigenvalue weighted by Gasteiger charge is -2.28. The molecule has 2 aromatic rings. The Hall–Kier alpha value is -2.62. The highest BCUT2D eigenvalue weighted by Crippen LogP contribution is 2.26. The summed E-state index contributed by atoms with van der Waals surface area (Å²) in [6, 6.07) is 17.8. The predicted octanol–water partition coefficient (Wildman–Crippen LogP) is 3.56. The van der Waals surface area contributed by atoms with Crippen LogP contribution in [-0.2, 0) is 0 Å². The minimum atomic E-state index is 0.304. The Bertz CT molecular complexity index is 790. The van der Waals surface area contributed by atoms with Gasteiger partial charge in [-0.05, 0) is 43.5 Å². The third-order valence-corrected chi connectivity index (χ3v) is 4.71. The van der Waals surface area contributed by atoms with Gasteiger partial charge in [-0.15, -0.1) is 0 Å². The van der Waals surface area contributed by atoms with Gasteiger partial charge < -0.3 is 10.1 Å². The first kappa shape index (κ1) is 14.9. The average molecular weight is 319 g/mol. The first-order valence-electron chi connectivity index (χ1n) is 8.62. The van der Waals surface area contributed by atoms with Gasteiger partial charge in [0.15, 0.2) is 5.84 Å². The SMILES string of the molecule is [O-][N+]1=C(c2ccccc2)c2ccccc2N=C(N2CCCCC2)C1. The van der Waals surface area contributed by atoms with Crippen LogP contribution in [0, 0.1) is 5.21 Å². The summed E-state index contributed by atoms with van der Waals surface area (Å²) in [4.78, 5) is 7.15. The van der Waals surface area contributed by atoms with E-state index in [1.165, 1.54) is 19.3 Å². The maximum Gasteiger partial charge on any atom is 0.228 e. The van der Waals surface area contributed by atoms with E-state index in [0.717, 1.165) is 40.5 Å². The molecule has 1 saturated heterocycles. The van der Waals surface area contributed by atoms with Gasteiger partial charge in [0, 0.05) is 18.7 Å². The molecule has 0 unspecified atom stereocenters. The zero-order valence-corrected chi connectivity index (χ0v) is 13.7. The summed E-state index contributed by atoms with van der Waals surface area (Å²) in [6.45, 7) is 2.30. The summed E-state index contributed by atoms with van der Waals surface area (Å²) in [5.41, 5.74) is 3.44. The third-order valence-electron chi connectivity index (χ3n) is 4.71. The van der Waals surface area contributed by atoms with Crippen LogP contribution < -0.4 is 0 Å². The van der Waals surface area contributed by atoms with Crippen LogP contribution in [0.25, 0.3) is 0 Å². The molecule has 2 aliphatic heterocycles. The summed E-state index contributed by atoms with van der Waals surface area (Å²) >= 11 is 0. The van der Waals surface area contributed by atoms with Crippen LogP contribution in [0.15, 0.2) is 59.6 Å². The molecule has 4 rings (SSSR count). The molecule has 2 aliphatic rings. The highest BCUT2D eigenvalue weighted by molar-refractivity contribution is 6.14. The maximum absolute atomic E-state index is 13.0. The van der Waals surface area contributed by atoms with Crippen molar-refractivity contribution in [1.29, 1.82) is 0 Å². The molecule has 0 radical (unpaired) electrons. The Kier molecular flexibility index (Phi) is 4.03. The summed E-state index contributed by atoms with van der Waals surface area (Å²) in [6.07, 6.45) is 3.62. The largest absolute Gasteiger partial charge is 0.623 e. The maximum atomic E-state index is 13.0. The van der Waals surface area contributed by atoms with E-state index >= 15 is 0 Å². The second-order valence-corrected chi connectivity index (χ2v) is 6.34. The zero-order chi connectivity index (χ0) is 16.4. The number of hydroxylamine groups is 1. The van der Waals surface area contributed by atoms with Crippen molar-refractivity contribution in [3.8, 4) is 0 Å². The molecule has 24 heavy (non-hydrogen) atoms. The number of hydrogen-bond acceptors (Lipinski definition) is 3. The van der Waals surface area contributed by atoms with E-state index in [2.05, 4.69) is 4.90 Å². The highest BCUT2D eigenvalue weighted by atomic mass is 16.5. The standard InChI is InChI=1S/C20H21N3O/c24-23-15-19(22-13-7-2-8-14-22)21-18-12-6-5-11-17(18)20(23)16-9-3-1-4-10-16/h1,3-6,9-12H,2,7-8,13-15H2. The molecule has 4 nitrogen and oxygen atoms in total. The average Bonchev–Trinajstić information content (AvgIpc) is 2.79. The van der Waals surface area contributed by atoms with Crippen molar-refractivity contribution in [1.82, 2.24) is 4.90 Å². The number of para-hydroxylation sites is 1. The van der Waals surface area contributed by atoms with Crippen LogP contribution in [0.2, 0.25) is 0 Å². The number of hydrogen-bond donors (Lipinski definition) is 0. The number of fused-ring (bicyclic) bond motifs is 1. The monoisotopic (exact) mass is 319 g/mol. The van der Waals surface area contributed by atoms with Crippen molar-refractivity contribution in [2.75, 3.05) is 19.6 Å². The van der Waals surface area contributed by atoms with E-state index in [4.69, 9.17) is 4.99 Å². The van der Waals surface area contributed by atoms with Crippen molar-refractivity contribution in [2.24, 2.45) is 4.99 Å². The number of piperidine rings is 1. The third kappa shape index (κ3) is 2.80. The number of benzene rings is 2. The highest BCUT2D eigenvalue weighted by Gasteiger charge is 2.26. The summed E-state index contributed by atoms with van der Waals surface area (Å²) in [5.74, 6) is 0.892. The number of aliphatic imine (C=N–C) groups is 1.